The number of esters is 2. The molecule has 1 atom stereocenters. The van der Waals surface area contributed by atoms with Crippen molar-refractivity contribution in [3.63, 3.8) is 0 Å². The van der Waals surface area contributed by atoms with Crippen LogP contribution in [0.25, 0.3) is 0 Å². The summed E-state index contributed by atoms with van der Waals surface area (Å²) in [7, 11) is 0. The highest BCUT2D eigenvalue weighted by molar-refractivity contribution is 5.86. The average Bonchev–Trinajstić information content (AvgIpc) is 2.36. The van der Waals surface area contributed by atoms with Gasteiger partial charge in [0.25, 0.3) is 0 Å². The average molecular weight is 264 g/mol. The minimum Gasteiger partial charge on any atom is -0.460 e. The zero-order chi connectivity index (χ0) is 14.3. The van der Waals surface area contributed by atoms with Gasteiger partial charge in [-0.1, -0.05) is 24.8 Å². The summed E-state index contributed by atoms with van der Waals surface area (Å²) in [5.41, 5.74) is 0.235. The molecule has 0 saturated heterocycles. The molecule has 0 aliphatic carbocycles. The molecule has 102 valence electrons. The van der Waals surface area contributed by atoms with Crippen molar-refractivity contribution in [2.45, 2.75) is 19.4 Å². The molecule has 0 aromatic heterocycles. The number of para-hydroxylation sites is 1. The van der Waals surface area contributed by atoms with Gasteiger partial charge in [0, 0.05) is 5.57 Å². The third kappa shape index (κ3) is 5.83. The quantitative estimate of drug-likeness (QED) is 0.478. The van der Waals surface area contributed by atoms with Gasteiger partial charge in [0.05, 0.1) is 12.5 Å². The fraction of sp³-hybridized carbons (Fsp3) is 0.286. The molecule has 5 nitrogen and oxygen atoms in total. The standard InChI is InChI=1S/C14H16O5/c1-10(2)14(17)18-9-11(15)8-13(16)19-12-6-4-3-5-7-12/h3-7,11,15H,1,8-9H2,2H3. The third-order valence-corrected chi connectivity index (χ3v) is 2.13. The number of aliphatic hydroxyl groups is 1. The van der Waals surface area contributed by atoms with Crippen molar-refractivity contribution in [3.05, 3.63) is 42.5 Å². The van der Waals surface area contributed by atoms with E-state index < -0.39 is 18.0 Å². The van der Waals surface area contributed by atoms with Crippen molar-refractivity contribution in [1.29, 1.82) is 0 Å². The zero-order valence-electron chi connectivity index (χ0n) is 10.7. The molecule has 0 saturated carbocycles. The molecule has 0 heterocycles. The van der Waals surface area contributed by atoms with Gasteiger partial charge in [-0.2, -0.15) is 0 Å². The minimum atomic E-state index is -1.10. The second-order valence-electron chi connectivity index (χ2n) is 4.02. The molecule has 0 bridgehead atoms. The molecule has 1 aromatic rings. The van der Waals surface area contributed by atoms with E-state index in [-0.39, 0.29) is 18.6 Å². The van der Waals surface area contributed by atoms with Gasteiger partial charge < -0.3 is 14.6 Å². The monoisotopic (exact) mass is 264 g/mol. The largest absolute Gasteiger partial charge is 0.460 e. The first-order chi connectivity index (χ1) is 8.99. The fourth-order valence-electron chi connectivity index (χ4n) is 1.21. The van der Waals surface area contributed by atoms with Gasteiger partial charge in [-0.15, -0.1) is 0 Å². The summed E-state index contributed by atoms with van der Waals surface area (Å²) in [5.74, 6) is -0.792. The van der Waals surface area contributed by atoms with Crippen molar-refractivity contribution in [2.24, 2.45) is 0 Å². The van der Waals surface area contributed by atoms with Crippen LogP contribution in [0.15, 0.2) is 42.5 Å². The summed E-state index contributed by atoms with van der Waals surface area (Å²) in [4.78, 5) is 22.5. The molecule has 0 spiro atoms. The van der Waals surface area contributed by atoms with E-state index in [1.54, 1.807) is 30.3 Å². The highest BCUT2D eigenvalue weighted by Crippen LogP contribution is 2.10. The third-order valence-electron chi connectivity index (χ3n) is 2.13. The van der Waals surface area contributed by atoms with Crippen LogP contribution in [0.4, 0.5) is 0 Å². The van der Waals surface area contributed by atoms with Gasteiger partial charge in [0.2, 0.25) is 0 Å². The van der Waals surface area contributed by atoms with Crippen molar-refractivity contribution in [2.75, 3.05) is 6.61 Å². The minimum absolute atomic E-state index is 0.235. The summed E-state index contributed by atoms with van der Waals surface area (Å²) in [6.45, 7) is 4.63. The molecule has 19 heavy (non-hydrogen) atoms. The molecule has 0 aliphatic heterocycles. The summed E-state index contributed by atoms with van der Waals surface area (Å²) in [6.07, 6.45) is -1.35. The maximum absolute atomic E-state index is 11.5. The van der Waals surface area contributed by atoms with Gasteiger partial charge in [0.1, 0.15) is 12.4 Å². The molecule has 5 heteroatoms. The molecule has 1 rings (SSSR count). The number of carbonyl (C=O) groups is 2. The van der Waals surface area contributed by atoms with Crippen LogP contribution in [-0.2, 0) is 14.3 Å². The van der Waals surface area contributed by atoms with Crippen LogP contribution in [0, 0.1) is 0 Å². The smallest absolute Gasteiger partial charge is 0.333 e. The Labute approximate surface area is 111 Å². The molecule has 1 unspecified atom stereocenters. The van der Waals surface area contributed by atoms with Crippen molar-refractivity contribution < 1.29 is 24.2 Å². The lowest BCUT2D eigenvalue weighted by molar-refractivity contribution is -0.145. The van der Waals surface area contributed by atoms with E-state index >= 15 is 0 Å². The Morgan fingerprint density at radius 1 is 1.32 bits per heavy atom. The first-order valence-electron chi connectivity index (χ1n) is 5.75. The van der Waals surface area contributed by atoms with Gasteiger partial charge in [-0.05, 0) is 19.1 Å². The first kappa shape index (κ1) is 14.9. The van der Waals surface area contributed by atoms with E-state index in [1.165, 1.54) is 6.92 Å². The topological polar surface area (TPSA) is 72.8 Å². The van der Waals surface area contributed by atoms with Crippen molar-refractivity contribution in [3.8, 4) is 5.75 Å². The second kappa shape index (κ2) is 7.33. The highest BCUT2D eigenvalue weighted by atomic mass is 16.5. The summed E-state index contributed by atoms with van der Waals surface area (Å²) in [5, 5.41) is 9.52. The Kier molecular flexibility index (Phi) is 5.75. The fourth-order valence-corrected chi connectivity index (χ4v) is 1.21. The van der Waals surface area contributed by atoms with E-state index in [9.17, 15) is 14.7 Å². The van der Waals surface area contributed by atoms with Crippen LogP contribution in [0.2, 0.25) is 0 Å². The van der Waals surface area contributed by atoms with E-state index in [0.717, 1.165) is 0 Å². The van der Waals surface area contributed by atoms with Gasteiger partial charge in [-0.25, -0.2) is 4.79 Å². The Bertz CT molecular complexity index is 452. The summed E-state index contributed by atoms with van der Waals surface area (Å²) in [6, 6.07) is 8.52. The molecular formula is C14H16O5. The van der Waals surface area contributed by atoms with Gasteiger partial charge in [-0.3, -0.25) is 4.79 Å². The molecular weight excluding hydrogens is 248 g/mol. The first-order valence-corrected chi connectivity index (χ1v) is 5.75. The number of hydrogen-bond acceptors (Lipinski definition) is 5. The van der Waals surface area contributed by atoms with Crippen molar-refractivity contribution in [1.82, 2.24) is 0 Å². The summed E-state index contributed by atoms with van der Waals surface area (Å²) >= 11 is 0. The van der Waals surface area contributed by atoms with E-state index in [4.69, 9.17) is 9.47 Å². The predicted octanol–water partition coefficient (Wildman–Crippen LogP) is 1.46. The Hall–Kier alpha value is -2.14. The van der Waals surface area contributed by atoms with E-state index in [2.05, 4.69) is 6.58 Å². The van der Waals surface area contributed by atoms with Crippen molar-refractivity contribution >= 4 is 11.9 Å². The maximum atomic E-state index is 11.5. The number of hydrogen-bond donors (Lipinski definition) is 1. The van der Waals surface area contributed by atoms with Gasteiger partial charge >= 0.3 is 11.9 Å². The lowest BCUT2D eigenvalue weighted by Crippen LogP contribution is -2.24. The highest BCUT2D eigenvalue weighted by Gasteiger charge is 2.15. The van der Waals surface area contributed by atoms with E-state index in [1.807, 2.05) is 0 Å². The van der Waals surface area contributed by atoms with Crippen LogP contribution in [0.1, 0.15) is 13.3 Å². The molecule has 0 radical (unpaired) electrons. The molecule has 0 aliphatic rings. The molecule has 0 amide bonds. The number of aliphatic hydroxyl groups excluding tert-OH is 1. The maximum Gasteiger partial charge on any atom is 0.333 e. The predicted molar refractivity (Wildman–Crippen MR) is 68.5 cm³/mol. The number of benzene rings is 1. The lowest BCUT2D eigenvalue weighted by atomic mass is 10.2. The second-order valence-corrected chi connectivity index (χ2v) is 4.02. The van der Waals surface area contributed by atoms with Crippen LogP contribution in [-0.4, -0.2) is 29.8 Å². The SMILES string of the molecule is C=C(C)C(=O)OCC(O)CC(=O)Oc1ccccc1. The number of ether oxygens (including phenoxy) is 2. The molecule has 1 N–H and O–H groups in total. The Morgan fingerprint density at radius 2 is 1.95 bits per heavy atom. The van der Waals surface area contributed by atoms with Crippen LogP contribution < -0.4 is 4.74 Å². The zero-order valence-corrected chi connectivity index (χ0v) is 10.7. The van der Waals surface area contributed by atoms with Crippen LogP contribution in [0.5, 0.6) is 5.75 Å². The van der Waals surface area contributed by atoms with Gasteiger partial charge in [0.15, 0.2) is 0 Å². The summed E-state index contributed by atoms with van der Waals surface area (Å²) < 4.78 is 9.70. The van der Waals surface area contributed by atoms with Crippen LogP contribution in [0.3, 0.4) is 0 Å². The van der Waals surface area contributed by atoms with E-state index in [0.29, 0.717) is 5.75 Å². The Balaban J connectivity index is 2.32. The van der Waals surface area contributed by atoms with Crippen LogP contribution >= 0.6 is 0 Å². The lowest BCUT2D eigenvalue weighted by Gasteiger charge is -2.10. The molecule has 1 aromatic carbocycles. The number of carbonyl (C=O) groups excluding carboxylic acids is 2. The normalized spacial score (nSPS) is 11.5. The number of rotatable bonds is 6. The Morgan fingerprint density at radius 3 is 2.53 bits per heavy atom. The molecule has 0 fully saturated rings.